The molecule has 1 saturated heterocycles. The first kappa shape index (κ1) is 16.7. The Morgan fingerprint density at radius 3 is 2.73 bits per heavy atom. The molecule has 2 heterocycles. The van der Waals surface area contributed by atoms with Crippen LogP contribution in [-0.2, 0) is 11.3 Å². The first-order valence-electron chi connectivity index (χ1n) is 7.45. The third kappa shape index (κ3) is 5.27. The van der Waals surface area contributed by atoms with E-state index in [4.69, 9.17) is 0 Å². The van der Waals surface area contributed by atoms with Gasteiger partial charge in [0.2, 0.25) is 5.91 Å². The van der Waals surface area contributed by atoms with Crippen LogP contribution in [0.15, 0.2) is 5.38 Å². The van der Waals surface area contributed by atoms with Gasteiger partial charge in [0, 0.05) is 37.3 Å². The van der Waals surface area contributed by atoms with Gasteiger partial charge in [0.25, 0.3) is 0 Å². The van der Waals surface area contributed by atoms with Gasteiger partial charge in [-0.2, -0.15) is 0 Å². The Bertz CT molecular complexity index is 511. The predicted octanol–water partition coefficient (Wildman–Crippen LogP) is 0.461. The summed E-state index contributed by atoms with van der Waals surface area (Å²) in [5, 5.41) is 11.3. The summed E-state index contributed by atoms with van der Waals surface area (Å²) in [5.74, 6) is 0.0305. The van der Waals surface area contributed by atoms with E-state index in [1.165, 1.54) is 0 Å². The van der Waals surface area contributed by atoms with Crippen molar-refractivity contribution >= 4 is 23.3 Å². The van der Waals surface area contributed by atoms with Gasteiger partial charge in [-0.05, 0) is 19.8 Å². The number of carbonyl (C=O) groups is 2. The van der Waals surface area contributed by atoms with Crippen LogP contribution >= 0.6 is 11.3 Å². The average Bonchev–Trinajstić information content (AvgIpc) is 2.92. The van der Waals surface area contributed by atoms with E-state index >= 15 is 0 Å². The largest absolute Gasteiger partial charge is 0.358 e. The van der Waals surface area contributed by atoms with Crippen molar-refractivity contribution in [2.45, 2.75) is 32.4 Å². The van der Waals surface area contributed by atoms with Crippen molar-refractivity contribution in [2.24, 2.45) is 0 Å². The van der Waals surface area contributed by atoms with Crippen LogP contribution in [0.2, 0.25) is 0 Å². The molecule has 1 aromatic heterocycles. The Balaban J connectivity index is 1.65. The van der Waals surface area contributed by atoms with Crippen molar-refractivity contribution in [1.82, 2.24) is 25.8 Å². The number of likely N-dealkylation sites (N-methyl/N-ethyl adjacent to an activating group) is 1. The lowest BCUT2D eigenvalue weighted by atomic mass is 10.1. The van der Waals surface area contributed by atoms with E-state index < -0.39 is 0 Å². The van der Waals surface area contributed by atoms with E-state index in [2.05, 4.69) is 25.8 Å². The highest BCUT2D eigenvalue weighted by molar-refractivity contribution is 7.09. The van der Waals surface area contributed by atoms with Crippen molar-refractivity contribution in [1.29, 1.82) is 0 Å². The summed E-state index contributed by atoms with van der Waals surface area (Å²) in [7, 11) is 1.64. The van der Waals surface area contributed by atoms with Crippen LogP contribution in [0.4, 0.5) is 4.79 Å². The number of nitrogens with zero attached hydrogens (tertiary/aromatic N) is 2. The minimum Gasteiger partial charge on any atom is -0.358 e. The number of amides is 3. The molecular weight excluding hydrogens is 302 g/mol. The molecule has 1 aliphatic heterocycles. The van der Waals surface area contributed by atoms with Gasteiger partial charge in [-0.25, -0.2) is 9.78 Å². The van der Waals surface area contributed by atoms with E-state index in [1.54, 1.807) is 18.4 Å². The lowest BCUT2D eigenvalue weighted by Gasteiger charge is -2.31. The number of rotatable bonds is 5. The molecule has 3 amide bonds. The van der Waals surface area contributed by atoms with Gasteiger partial charge in [0.1, 0.15) is 5.01 Å². The molecule has 1 fully saturated rings. The Kier molecular flexibility index (Phi) is 6.14. The molecule has 3 N–H and O–H groups in total. The maximum atomic E-state index is 11.9. The third-order valence-electron chi connectivity index (χ3n) is 3.64. The van der Waals surface area contributed by atoms with Gasteiger partial charge < -0.3 is 16.0 Å². The first-order chi connectivity index (χ1) is 10.6. The Morgan fingerprint density at radius 1 is 1.41 bits per heavy atom. The van der Waals surface area contributed by atoms with E-state index in [0.29, 0.717) is 13.1 Å². The number of hydrogen-bond donors (Lipinski definition) is 3. The smallest absolute Gasteiger partial charge is 0.315 e. The maximum Gasteiger partial charge on any atom is 0.315 e. The molecule has 0 saturated carbocycles. The summed E-state index contributed by atoms with van der Waals surface area (Å²) in [4.78, 5) is 29.6. The molecule has 0 atom stereocenters. The fourth-order valence-electron chi connectivity index (χ4n) is 2.39. The number of aromatic nitrogens is 1. The van der Waals surface area contributed by atoms with Gasteiger partial charge in [-0.15, -0.1) is 11.3 Å². The van der Waals surface area contributed by atoms with E-state index in [0.717, 1.165) is 36.6 Å². The lowest BCUT2D eigenvalue weighted by Crippen LogP contribution is -2.49. The molecule has 2 rings (SSSR count). The molecule has 0 radical (unpaired) electrons. The fourth-order valence-corrected chi connectivity index (χ4v) is 3.11. The zero-order valence-corrected chi connectivity index (χ0v) is 13.8. The molecule has 1 aliphatic rings. The number of urea groups is 1. The number of thiazole rings is 1. The quantitative estimate of drug-likeness (QED) is 0.734. The van der Waals surface area contributed by atoms with Gasteiger partial charge in [-0.1, -0.05) is 0 Å². The molecule has 22 heavy (non-hydrogen) atoms. The minimum absolute atomic E-state index is 0.0305. The van der Waals surface area contributed by atoms with Gasteiger partial charge in [0.15, 0.2) is 0 Å². The van der Waals surface area contributed by atoms with Crippen LogP contribution in [0, 0.1) is 6.92 Å². The summed E-state index contributed by atoms with van der Waals surface area (Å²) in [5.41, 5.74) is 0.977. The summed E-state index contributed by atoms with van der Waals surface area (Å²) in [6.45, 7) is 4.47. The van der Waals surface area contributed by atoms with Gasteiger partial charge in [-0.3, -0.25) is 9.69 Å². The van der Waals surface area contributed by atoms with Crippen LogP contribution in [0.1, 0.15) is 23.5 Å². The molecule has 0 bridgehead atoms. The molecule has 0 spiro atoms. The summed E-state index contributed by atoms with van der Waals surface area (Å²) < 4.78 is 0. The van der Waals surface area contributed by atoms with E-state index in [1.807, 2.05) is 12.3 Å². The van der Waals surface area contributed by atoms with Crippen LogP contribution in [0.3, 0.4) is 0 Å². The molecule has 1 aromatic rings. The molecule has 122 valence electrons. The second-order valence-corrected chi connectivity index (χ2v) is 6.38. The number of aryl methyl sites for hydroxylation is 1. The van der Waals surface area contributed by atoms with Gasteiger partial charge in [0.05, 0.1) is 13.1 Å². The SMILES string of the molecule is CNC(=O)CN1CCC(NC(=O)NCc2nc(C)cs2)CC1. The van der Waals surface area contributed by atoms with E-state index in [-0.39, 0.29) is 18.0 Å². The zero-order valence-electron chi connectivity index (χ0n) is 13.0. The van der Waals surface area contributed by atoms with Crippen molar-refractivity contribution in [3.8, 4) is 0 Å². The highest BCUT2D eigenvalue weighted by atomic mass is 32.1. The summed E-state index contributed by atoms with van der Waals surface area (Å²) in [6.07, 6.45) is 1.72. The average molecular weight is 325 g/mol. The Morgan fingerprint density at radius 2 is 2.14 bits per heavy atom. The fraction of sp³-hybridized carbons (Fsp3) is 0.643. The molecule has 0 aromatic carbocycles. The molecule has 7 nitrogen and oxygen atoms in total. The number of nitrogens with one attached hydrogen (secondary N) is 3. The maximum absolute atomic E-state index is 11.9. The Labute approximate surface area is 134 Å². The first-order valence-corrected chi connectivity index (χ1v) is 8.33. The molecular formula is C14H23N5O2S. The monoisotopic (exact) mass is 325 g/mol. The number of hydrogen-bond acceptors (Lipinski definition) is 5. The summed E-state index contributed by atoms with van der Waals surface area (Å²) in [6, 6.07) is 0.0107. The van der Waals surface area contributed by atoms with Crippen LogP contribution in [-0.4, -0.2) is 54.5 Å². The second-order valence-electron chi connectivity index (χ2n) is 5.43. The topological polar surface area (TPSA) is 86.4 Å². The highest BCUT2D eigenvalue weighted by Gasteiger charge is 2.21. The molecule has 0 aliphatic carbocycles. The third-order valence-corrected chi connectivity index (χ3v) is 4.60. The predicted molar refractivity (Wildman–Crippen MR) is 85.8 cm³/mol. The summed E-state index contributed by atoms with van der Waals surface area (Å²) >= 11 is 1.55. The standard InChI is InChI=1S/C14H23N5O2S/c1-10-9-22-13(17-10)7-16-14(21)18-11-3-5-19(6-4-11)8-12(20)15-2/h9,11H,3-8H2,1-2H3,(H,15,20)(H2,16,18,21). The number of piperidine rings is 1. The highest BCUT2D eigenvalue weighted by Crippen LogP contribution is 2.10. The van der Waals surface area contributed by atoms with Crippen LogP contribution in [0.25, 0.3) is 0 Å². The van der Waals surface area contributed by atoms with Crippen LogP contribution < -0.4 is 16.0 Å². The Hall–Kier alpha value is -1.67. The van der Waals surface area contributed by atoms with Gasteiger partial charge >= 0.3 is 6.03 Å². The van der Waals surface area contributed by atoms with Crippen molar-refractivity contribution in [2.75, 3.05) is 26.7 Å². The zero-order chi connectivity index (χ0) is 15.9. The molecule has 8 heteroatoms. The van der Waals surface area contributed by atoms with Crippen molar-refractivity contribution in [3.05, 3.63) is 16.1 Å². The van der Waals surface area contributed by atoms with E-state index in [9.17, 15) is 9.59 Å². The van der Waals surface area contributed by atoms with Crippen molar-refractivity contribution in [3.63, 3.8) is 0 Å². The number of carbonyl (C=O) groups excluding carboxylic acids is 2. The normalized spacial score (nSPS) is 16.3. The lowest BCUT2D eigenvalue weighted by molar-refractivity contribution is -0.122. The van der Waals surface area contributed by atoms with Crippen molar-refractivity contribution < 1.29 is 9.59 Å². The second kappa shape index (κ2) is 8.09. The number of likely N-dealkylation sites (tertiary alicyclic amines) is 1. The molecule has 0 unspecified atom stereocenters. The van der Waals surface area contributed by atoms with Crippen LogP contribution in [0.5, 0.6) is 0 Å². The minimum atomic E-state index is -0.155.